The first-order valence-corrected chi connectivity index (χ1v) is 16.9. The minimum atomic E-state index is -4.66. The number of benzene rings is 2. The van der Waals surface area contributed by atoms with Crippen LogP contribution in [0.15, 0.2) is 66.0 Å². The summed E-state index contributed by atoms with van der Waals surface area (Å²) >= 11 is 6.24. The van der Waals surface area contributed by atoms with Crippen LogP contribution in [0.4, 0.5) is 37.2 Å². The molecule has 0 bridgehead atoms. The van der Waals surface area contributed by atoms with Crippen LogP contribution in [-0.2, 0) is 25.4 Å². The number of carbonyl (C=O) groups is 3. The number of anilines is 1. The lowest BCUT2D eigenvalue weighted by atomic mass is 9.85. The summed E-state index contributed by atoms with van der Waals surface area (Å²) in [6.07, 6.45) is -5.36. The van der Waals surface area contributed by atoms with Crippen molar-refractivity contribution in [3.8, 4) is 0 Å². The van der Waals surface area contributed by atoms with Crippen molar-refractivity contribution in [2.45, 2.75) is 69.5 Å². The zero-order valence-electron chi connectivity index (χ0n) is 29.3. The number of nitrogens with one attached hydrogen (secondary N) is 2. The lowest BCUT2D eigenvalue weighted by molar-refractivity contribution is -0.124. The number of pyridine rings is 1. The van der Waals surface area contributed by atoms with Gasteiger partial charge in [0.25, 0.3) is 0 Å². The van der Waals surface area contributed by atoms with E-state index in [1.165, 1.54) is 35.4 Å². The second-order valence-electron chi connectivity index (χ2n) is 13.2. The molecule has 1 aromatic heterocycles. The van der Waals surface area contributed by atoms with Gasteiger partial charge in [-0.3, -0.25) is 14.7 Å². The van der Waals surface area contributed by atoms with E-state index in [1.807, 2.05) is 0 Å². The maximum atomic E-state index is 15.3. The van der Waals surface area contributed by atoms with Crippen LogP contribution >= 0.6 is 11.6 Å². The highest BCUT2D eigenvalue weighted by Gasteiger charge is 2.37. The number of rotatable bonds is 12. The van der Waals surface area contributed by atoms with E-state index < -0.39 is 78.8 Å². The number of hydrogen-bond acceptors (Lipinski definition) is 8. The van der Waals surface area contributed by atoms with Crippen LogP contribution in [0, 0.1) is 11.6 Å². The molecule has 1 aliphatic heterocycles. The van der Waals surface area contributed by atoms with Crippen LogP contribution in [0.1, 0.15) is 49.8 Å². The minimum Gasteiger partial charge on any atom is -0.447 e. The van der Waals surface area contributed by atoms with Gasteiger partial charge < -0.3 is 24.8 Å². The molecular formula is C35H37ClF5N7O6. The third-order valence-corrected chi connectivity index (χ3v) is 8.24. The van der Waals surface area contributed by atoms with Gasteiger partial charge in [0, 0.05) is 21.4 Å². The van der Waals surface area contributed by atoms with Gasteiger partial charge in [-0.15, -0.1) is 0 Å². The molecule has 0 saturated carbocycles. The van der Waals surface area contributed by atoms with Crippen molar-refractivity contribution in [2.75, 3.05) is 31.6 Å². The summed E-state index contributed by atoms with van der Waals surface area (Å²) in [6.45, 7) is 2.44. The number of morpholine rings is 1. The predicted octanol–water partition coefficient (Wildman–Crippen LogP) is 7.69. The van der Waals surface area contributed by atoms with Crippen molar-refractivity contribution in [3.05, 3.63) is 105 Å². The first kappa shape index (κ1) is 41.6. The van der Waals surface area contributed by atoms with Gasteiger partial charge in [-0.25, -0.2) is 18.4 Å². The average Bonchev–Trinajstić information content (AvgIpc) is 3.09. The van der Waals surface area contributed by atoms with E-state index in [-0.39, 0.29) is 37.2 Å². The Morgan fingerprint density at radius 3 is 2.48 bits per heavy atom. The quantitative estimate of drug-likeness (QED) is 0.0822. The van der Waals surface area contributed by atoms with Crippen LogP contribution in [-0.4, -0.2) is 84.2 Å². The summed E-state index contributed by atoms with van der Waals surface area (Å²) in [4.78, 5) is 46.8. The molecule has 2 aromatic carbocycles. The van der Waals surface area contributed by atoms with Gasteiger partial charge in [-0.05, 0) is 74.5 Å². The summed E-state index contributed by atoms with van der Waals surface area (Å²) in [5.41, 5.74) is 9.43. The Morgan fingerprint density at radius 1 is 1.11 bits per heavy atom. The molecule has 290 valence electrons. The van der Waals surface area contributed by atoms with Crippen molar-refractivity contribution >= 4 is 35.4 Å². The molecule has 1 fully saturated rings. The third-order valence-electron chi connectivity index (χ3n) is 8.01. The Bertz CT molecular complexity index is 1840. The molecule has 3 amide bonds. The highest BCUT2D eigenvalue weighted by molar-refractivity contribution is 6.30. The number of hydrogen-bond donors (Lipinski definition) is 2. The molecule has 0 unspecified atom stereocenters. The maximum Gasteiger partial charge on any atom is 0.410 e. The maximum absolute atomic E-state index is 15.3. The van der Waals surface area contributed by atoms with Crippen LogP contribution < -0.4 is 10.6 Å². The van der Waals surface area contributed by atoms with Crippen molar-refractivity contribution in [3.63, 3.8) is 0 Å². The molecule has 54 heavy (non-hydrogen) atoms. The van der Waals surface area contributed by atoms with Gasteiger partial charge in [0.05, 0.1) is 43.4 Å². The largest absolute Gasteiger partial charge is 0.447 e. The number of ether oxygens (including phenoxy) is 3. The molecule has 19 heteroatoms. The van der Waals surface area contributed by atoms with Crippen molar-refractivity contribution < 1.29 is 50.5 Å². The van der Waals surface area contributed by atoms with Crippen LogP contribution in [0.3, 0.4) is 0 Å². The van der Waals surface area contributed by atoms with Gasteiger partial charge in [-0.1, -0.05) is 41.0 Å². The first-order valence-electron chi connectivity index (χ1n) is 16.5. The molecule has 2 heterocycles. The molecular weight excluding hydrogens is 745 g/mol. The normalized spacial score (nSPS) is 17.1. The van der Waals surface area contributed by atoms with Gasteiger partial charge in [0.15, 0.2) is 0 Å². The Hall–Kier alpha value is -5.19. The van der Waals surface area contributed by atoms with E-state index >= 15 is 4.39 Å². The molecule has 1 aliphatic rings. The third kappa shape index (κ3) is 12.2. The monoisotopic (exact) mass is 781 g/mol. The number of alkyl halides is 3. The summed E-state index contributed by atoms with van der Waals surface area (Å²) in [7, 11) is 0. The van der Waals surface area contributed by atoms with E-state index in [1.54, 1.807) is 50.4 Å². The van der Waals surface area contributed by atoms with E-state index in [2.05, 4.69) is 20.3 Å². The van der Waals surface area contributed by atoms with E-state index in [9.17, 15) is 37.5 Å². The Morgan fingerprint density at radius 2 is 1.83 bits per heavy atom. The van der Waals surface area contributed by atoms with Crippen molar-refractivity contribution in [1.82, 2.24) is 15.2 Å². The van der Waals surface area contributed by atoms with Crippen molar-refractivity contribution in [2.24, 2.45) is 5.11 Å². The summed E-state index contributed by atoms with van der Waals surface area (Å²) in [6, 6.07) is 9.34. The second-order valence-corrected chi connectivity index (χ2v) is 13.7. The molecule has 1 saturated heterocycles. The number of halogens is 6. The summed E-state index contributed by atoms with van der Waals surface area (Å²) in [5.74, 6) is -3.08. The number of azide groups is 1. The molecule has 0 aliphatic carbocycles. The first-order chi connectivity index (χ1) is 25.4. The zero-order chi connectivity index (χ0) is 39.6. The fourth-order valence-electron chi connectivity index (χ4n) is 5.60. The number of nitrogens with zero attached hydrogens (tertiary/aromatic N) is 5. The molecule has 0 spiro atoms. The Kier molecular flexibility index (Phi) is 14.0. The highest BCUT2D eigenvalue weighted by atomic mass is 35.5. The molecule has 13 nitrogen and oxygen atoms in total. The molecule has 4 rings (SSSR count). The van der Waals surface area contributed by atoms with Gasteiger partial charge >= 0.3 is 18.4 Å². The number of aromatic nitrogens is 1. The topological polar surface area (TPSA) is 168 Å². The Labute approximate surface area is 311 Å². The number of carbonyl (C=O) groups excluding carboxylic acids is 3. The van der Waals surface area contributed by atoms with Gasteiger partial charge in [0.1, 0.15) is 36.4 Å². The molecule has 0 radical (unpaired) electrons. The lowest BCUT2D eigenvalue weighted by Crippen LogP contribution is -2.55. The summed E-state index contributed by atoms with van der Waals surface area (Å²) in [5, 5.41) is 8.29. The molecule has 2 N–H and O–H groups in total. The zero-order valence-corrected chi connectivity index (χ0v) is 30.0. The average molecular weight is 782 g/mol. The van der Waals surface area contributed by atoms with Crippen LogP contribution in [0.2, 0.25) is 5.02 Å². The van der Waals surface area contributed by atoms with Gasteiger partial charge in [0.2, 0.25) is 5.91 Å². The molecule has 4 atom stereocenters. The lowest BCUT2D eigenvalue weighted by Gasteiger charge is -2.39. The molecule has 3 aromatic rings. The van der Waals surface area contributed by atoms with Crippen LogP contribution in [0.5, 0.6) is 0 Å². The minimum absolute atomic E-state index is 0.0123. The highest BCUT2D eigenvalue weighted by Crippen LogP contribution is 2.33. The second kappa shape index (κ2) is 18.2. The fourth-order valence-corrected chi connectivity index (χ4v) is 5.80. The predicted molar refractivity (Wildman–Crippen MR) is 186 cm³/mol. The smallest absolute Gasteiger partial charge is 0.410 e. The Balaban J connectivity index is 1.52. The van der Waals surface area contributed by atoms with Crippen molar-refractivity contribution in [1.29, 1.82) is 0 Å². The van der Waals surface area contributed by atoms with Gasteiger partial charge in [-0.2, -0.15) is 13.2 Å². The summed E-state index contributed by atoms with van der Waals surface area (Å²) < 4.78 is 83.0. The van der Waals surface area contributed by atoms with E-state index in [0.29, 0.717) is 16.1 Å². The van der Waals surface area contributed by atoms with E-state index in [4.69, 9.17) is 25.8 Å². The number of amides is 3. The number of alkyl carbamates (subject to hydrolysis) is 1. The fraction of sp³-hybridized carbons (Fsp3) is 0.429. The standard InChI is InChI=1S/C35H37ClF5N7O6/c1-34(2,3)54-33(51)48-16-25(52-17-24(48)18-53-32(50)44-19-35(39,40)41)11-12-26-27(38)14-43-15-28(26)45-31(49)30(46-47-42)29(20-7-9-23(37)10-8-20)21-5-4-6-22(36)13-21/h4-10,13-15,24-25,29-30H,11-12,16-19H2,1-3H3,(H,44,50)(H,45,49)/t24-,25+,29-,30-/m0/s1. The van der Waals surface area contributed by atoms with E-state index in [0.717, 1.165) is 6.20 Å². The van der Waals surface area contributed by atoms with Crippen LogP contribution in [0.25, 0.3) is 10.4 Å². The SMILES string of the molecule is CC(C)(C)OC(=O)N1C[C@@H](CCc2c(F)cncc2NC(=O)[C@@H](N=[N+]=[N-])[C@@H](c2ccc(F)cc2)c2cccc(Cl)c2)OC[C@H]1COC(=O)NCC(F)(F)F.